The maximum absolute atomic E-state index is 9.07. The van der Waals surface area contributed by atoms with Gasteiger partial charge in [0.1, 0.15) is 0 Å². The molecule has 21 heavy (non-hydrogen) atoms. The van der Waals surface area contributed by atoms with E-state index in [1.165, 1.54) is 12.4 Å². The van der Waals surface area contributed by atoms with Gasteiger partial charge >= 0.3 is 13.2 Å². The van der Waals surface area contributed by atoms with Crippen LogP contribution in [0.5, 0.6) is 6.08 Å². The summed E-state index contributed by atoms with van der Waals surface area (Å²) in [4.78, 5) is 10.3. The van der Waals surface area contributed by atoms with E-state index in [4.69, 9.17) is 19.6 Å². The number of anilines is 1. The average Bonchev–Trinajstić information content (AvgIpc) is 2.94. The average molecular weight is 291 g/mol. The Hall–Kier alpha value is -2.20. The van der Waals surface area contributed by atoms with Crippen LogP contribution in [0, 0.1) is 0 Å². The molecule has 1 aliphatic heterocycles. The Bertz CT molecular complexity index is 597. The first kappa shape index (κ1) is 13.8. The molecule has 3 N–H and O–H groups in total. The lowest BCUT2D eigenvalue weighted by molar-refractivity contribution is 0.287. The lowest BCUT2D eigenvalue weighted by Crippen LogP contribution is -2.36. The van der Waals surface area contributed by atoms with Crippen molar-refractivity contribution in [3.05, 3.63) is 18.3 Å². The molecule has 110 valence electrons. The van der Waals surface area contributed by atoms with E-state index in [0.717, 1.165) is 25.9 Å². The first-order valence-electron chi connectivity index (χ1n) is 6.59. The largest absolute Gasteiger partial charge is 0.491 e. The second-order valence-corrected chi connectivity index (χ2v) is 4.87. The van der Waals surface area contributed by atoms with Crippen molar-refractivity contribution in [3.63, 3.8) is 0 Å². The van der Waals surface area contributed by atoms with Crippen molar-refractivity contribution < 1.29 is 19.6 Å². The number of nitrogens with zero attached hydrogens (tertiary/aromatic N) is 5. The van der Waals surface area contributed by atoms with Crippen LogP contribution in [0.1, 0.15) is 24.7 Å². The van der Waals surface area contributed by atoms with Crippen LogP contribution in [0.25, 0.3) is 0 Å². The normalized spacial score (nSPS) is 16.2. The van der Waals surface area contributed by atoms with Gasteiger partial charge in [0.2, 0.25) is 11.8 Å². The van der Waals surface area contributed by atoms with Crippen LogP contribution in [0.3, 0.4) is 0 Å². The molecular weight excluding hydrogens is 277 g/mol. The topological polar surface area (TPSA) is 129 Å². The molecule has 0 bridgehead atoms. The molecule has 0 saturated carbocycles. The Morgan fingerprint density at radius 2 is 1.81 bits per heavy atom. The maximum atomic E-state index is 9.07. The van der Waals surface area contributed by atoms with Crippen molar-refractivity contribution in [1.82, 2.24) is 20.2 Å². The number of aromatic nitrogens is 4. The van der Waals surface area contributed by atoms with Crippen LogP contribution < -0.4 is 10.4 Å². The van der Waals surface area contributed by atoms with E-state index in [0.29, 0.717) is 11.8 Å². The van der Waals surface area contributed by atoms with E-state index in [2.05, 4.69) is 20.2 Å². The van der Waals surface area contributed by atoms with Gasteiger partial charge in [0.15, 0.2) is 0 Å². The number of hydrogen-bond donors (Lipinski definition) is 3. The highest BCUT2D eigenvalue weighted by molar-refractivity contribution is 6.58. The Morgan fingerprint density at radius 3 is 2.33 bits per heavy atom. The minimum absolute atomic E-state index is 0.119. The molecule has 1 saturated heterocycles. The van der Waals surface area contributed by atoms with E-state index >= 15 is 0 Å². The summed E-state index contributed by atoms with van der Waals surface area (Å²) < 4.78 is 5.03. The Morgan fingerprint density at radius 1 is 1.14 bits per heavy atom. The summed E-state index contributed by atoms with van der Waals surface area (Å²) >= 11 is 0. The quantitative estimate of drug-likeness (QED) is 0.586. The van der Waals surface area contributed by atoms with E-state index in [-0.39, 0.29) is 11.4 Å². The zero-order chi connectivity index (χ0) is 14.8. The minimum Gasteiger partial charge on any atom is -0.465 e. The number of aromatic hydroxyl groups is 1. The van der Waals surface area contributed by atoms with Gasteiger partial charge in [0.25, 0.3) is 0 Å². The summed E-state index contributed by atoms with van der Waals surface area (Å²) in [7, 11) is -1.56. The van der Waals surface area contributed by atoms with Crippen LogP contribution in [0.4, 0.5) is 5.95 Å². The molecular formula is C11H14BN5O4. The summed E-state index contributed by atoms with van der Waals surface area (Å²) in [6.45, 7) is 1.43. The third kappa shape index (κ3) is 2.95. The van der Waals surface area contributed by atoms with Gasteiger partial charge in [-0.05, 0) is 12.8 Å². The minimum atomic E-state index is -1.56. The zero-order valence-electron chi connectivity index (χ0n) is 11.1. The van der Waals surface area contributed by atoms with Crippen LogP contribution in [-0.2, 0) is 0 Å². The summed E-state index contributed by atoms with van der Waals surface area (Å²) in [6, 6.07) is 0. The Balaban J connectivity index is 1.62. The van der Waals surface area contributed by atoms with Crippen molar-refractivity contribution in [2.24, 2.45) is 0 Å². The number of piperidine rings is 1. The van der Waals surface area contributed by atoms with Crippen LogP contribution in [0.15, 0.2) is 16.8 Å². The highest BCUT2D eigenvalue weighted by atomic mass is 16.5. The van der Waals surface area contributed by atoms with Crippen molar-refractivity contribution in [3.8, 4) is 6.08 Å². The molecule has 0 amide bonds. The first-order valence-corrected chi connectivity index (χ1v) is 6.59. The molecule has 10 heteroatoms. The van der Waals surface area contributed by atoms with Gasteiger partial charge in [-0.3, -0.25) is 0 Å². The van der Waals surface area contributed by atoms with E-state index in [1.54, 1.807) is 0 Å². The Kier molecular flexibility index (Phi) is 3.71. The smallest absolute Gasteiger partial charge is 0.465 e. The Labute approximate surface area is 120 Å². The van der Waals surface area contributed by atoms with Gasteiger partial charge < -0.3 is 24.5 Å². The van der Waals surface area contributed by atoms with Gasteiger partial charge in [0.05, 0.1) is 0 Å². The lowest BCUT2D eigenvalue weighted by Gasteiger charge is -2.30. The number of hydrogen-bond acceptors (Lipinski definition) is 9. The second kappa shape index (κ2) is 5.66. The monoisotopic (exact) mass is 291 g/mol. The number of rotatable bonds is 3. The molecule has 3 heterocycles. The molecule has 0 spiro atoms. The van der Waals surface area contributed by atoms with Crippen molar-refractivity contribution >= 4 is 18.5 Å². The fourth-order valence-corrected chi connectivity index (χ4v) is 2.35. The van der Waals surface area contributed by atoms with Crippen LogP contribution >= 0.6 is 0 Å². The third-order valence-corrected chi connectivity index (χ3v) is 3.51. The second-order valence-electron chi connectivity index (χ2n) is 4.87. The van der Waals surface area contributed by atoms with Gasteiger partial charge in [-0.2, -0.15) is 0 Å². The fourth-order valence-electron chi connectivity index (χ4n) is 2.35. The standard InChI is InChI=1S/C11H14BN5O4/c18-11-16-15-9(21-11)7-1-3-17(4-2-7)10-13-5-8(6-14-10)12(19)20/h5-7,19-20H,1-4H2,(H,16,18). The molecule has 2 aromatic heterocycles. The molecule has 0 aromatic carbocycles. The molecule has 1 aliphatic rings. The van der Waals surface area contributed by atoms with Gasteiger partial charge in [-0.1, -0.05) is 5.10 Å². The van der Waals surface area contributed by atoms with Crippen LogP contribution in [0.2, 0.25) is 0 Å². The first-order chi connectivity index (χ1) is 10.1. The summed E-state index contributed by atoms with van der Waals surface area (Å²) in [5.41, 5.74) is 0.259. The third-order valence-electron chi connectivity index (χ3n) is 3.51. The molecule has 1 fully saturated rings. The predicted octanol–water partition coefficient (Wildman–Crippen LogP) is -1.37. The van der Waals surface area contributed by atoms with Crippen molar-refractivity contribution in [2.45, 2.75) is 18.8 Å². The zero-order valence-corrected chi connectivity index (χ0v) is 11.1. The predicted molar refractivity (Wildman–Crippen MR) is 72.0 cm³/mol. The molecule has 2 aromatic rings. The van der Waals surface area contributed by atoms with Crippen molar-refractivity contribution in [1.29, 1.82) is 0 Å². The lowest BCUT2D eigenvalue weighted by atomic mass is 9.83. The van der Waals surface area contributed by atoms with Crippen molar-refractivity contribution in [2.75, 3.05) is 18.0 Å². The van der Waals surface area contributed by atoms with E-state index < -0.39 is 13.2 Å². The molecule has 0 atom stereocenters. The fraction of sp³-hybridized carbons (Fsp3) is 0.455. The van der Waals surface area contributed by atoms with E-state index in [9.17, 15) is 0 Å². The molecule has 0 radical (unpaired) electrons. The molecule has 9 nitrogen and oxygen atoms in total. The summed E-state index contributed by atoms with van der Waals surface area (Å²) in [5.74, 6) is 1.12. The van der Waals surface area contributed by atoms with Gasteiger partial charge in [-0.25, -0.2) is 9.97 Å². The highest BCUT2D eigenvalue weighted by Crippen LogP contribution is 2.29. The maximum Gasteiger partial charge on any atom is 0.491 e. The van der Waals surface area contributed by atoms with Gasteiger partial charge in [0, 0.05) is 36.9 Å². The molecule has 0 unspecified atom stereocenters. The molecule has 3 rings (SSSR count). The van der Waals surface area contributed by atoms with E-state index in [1.807, 2.05) is 4.90 Å². The van der Waals surface area contributed by atoms with Crippen LogP contribution in [-0.4, -0.2) is 55.5 Å². The van der Waals surface area contributed by atoms with Gasteiger partial charge in [-0.15, -0.1) is 5.10 Å². The summed E-state index contributed by atoms with van der Waals surface area (Å²) in [6.07, 6.45) is 3.96. The summed E-state index contributed by atoms with van der Waals surface area (Å²) in [5, 5.41) is 34.3. The molecule has 0 aliphatic carbocycles. The highest BCUT2D eigenvalue weighted by Gasteiger charge is 2.26. The SMILES string of the molecule is OB(O)c1cnc(N2CCC(c3nnc(O)o3)CC2)nc1.